The zero-order chi connectivity index (χ0) is 18.4. The molecule has 2 atom stereocenters. The first-order valence-corrected chi connectivity index (χ1v) is 11.1. The van der Waals surface area contributed by atoms with Gasteiger partial charge in [-0.05, 0) is 48.9 Å². The van der Waals surface area contributed by atoms with Crippen LogP contribution < -0.4 is 14.5 Å². The lowest BCUT2D eigenvalue weighted by atomic mass is 9.89. The van der Waals surface area contributed by atoms with Gasteiger partial charge in [0.05, 0.1) is 18.5 Å². The SMILES string of the molecule is COc1ccsc1CCCN1CCC2C(C1)c1cccc3c1N2CCN3C. The first-order valence-electron chi connectivity index (χ1n) is 10.2. The molecule has 2 unspecified atom stereocenters. The van der Waals surface area contributed by atoms with E-state index < -0.39 is 0 Å². The summed E-state index contributed by atoms with van der Waals surface area (Å²) in [4.78, 5) is 9.24. The lowest BCUT2D eigenvalue weighted by Crippen LogP contribution is -2.49. The average Bonchev–Trinajstić information content (AvgIpc) is 3.28. The maximum absolute atomic E-state index is 5.46. The fraction of sp³-hybridized carbons (Fsp3) is 0.545. The quantitative estimate of drug-likeness (QED) is 0.781. The van der Waals surface area contributed by atoms with Gasteiger partial charge in [0.15, 0.2) is 0 Å². The number of likely N-dealkylation sites (N-methyl/N-ethyl adjacent to an activating group) is 1. The van der Waals surface area contributed by atoms with Gasteiger partial charge in [-0.15, -0.1) is 11.3 Å². The molecule has 1 aromatic carbocycles. The van der Waals surface area contributed by atoms with E-state index in [9.17, 15) is 0 Å². The van der Waals surface area contributed by atoms with Crippen LogP contribution in [0.5, 0.6) is 5.75 Å². The Morgan fingerprint density at radius 2 is 2.11 bits per heavy atom. The third-order valence-corrected chi connectivity index (χ3v) is 7.65. The van der Waals surface area contributed by atoms with Gasteiger partial charge in [-0.2, -0.15) is 0 Å². The monoisotopic (exact) mass is 383 g/mol. The average molecular weight is 384 g/mol. The van der Waals surface area contributed by atoms with E-state index in [0.29, 0.717) is 12.0 Å². The number of anilines is 2. The van der Waals surface area contributed by atoms with Crippen LogP contribution in [0.4, 0.5) is 11.4 Å². The molecule has 0 saturated carbocycles. The highest BCUT2D eigenvalue weighted by Crippen LogP contribution is 2.50. The van der Waals surface area contributed by atoms with Crippen LogP contribution in [0.15, 0.2) is 29.6 Å². The number of fused-ring (bicyclic) bond motifs is 3. The summed E-state index contributed by atoms with van der Waals surface area (Å²) in [6, 6.07) is 9.75. The highest BCUT2D eigenvalue weighted by Gasteiger charge is 2.44. The molecule has 0 amide bonds. The van der Waals surface area contributed by atoms with Crippen LogP contribution in [-0.2, 0) is 6.42 Å². The van der Waals surface area contributed by atoms with Gasteiger partial charge in [-0.3, -0.25) is 0 Å². The summed E-state index contributed by atoms with van der Waals surface area (Å²) in [5, 5.41) is 2.14. The van der Waals surface area contributed by atoms with Crippen LogP contribution in [0.3, 0.4) is 0 Å². The highest BCUT2D eigenvalue weighted by atomic mass is 32.1. The molecule has 0 radical (unpaired) electrons. The van der Waals surface area contributed by atoms with Crippen LogP contribution in [0.2, 0.25) is 0 Å². The number of hydrogen-bond acceptors (Lipinski definition) is 5. The molecule has 4 heterocycles. The van der Waals surface area contributed by atoms with Gasteiger partial charge in [0.2, 0.25) is 0 Å². The number of hydrogen-bond donors (Lipinski definition) is 0. The van der Waals surface area contributed by atoms with E-state index >= 15 is 0 Å². The Kier molecular flexibility index (Phi) is 4.52. The second-order valence-electron chi connectivity index (χ2n) is 8.11. The van der Waals surface area contributed by atoms with Crippen molar-refractivity contribution >= 4 is 22.7 Å². The second-order valence-corrected chi connectivity index (χ2v) is 9.11. The van der Waals surface area contributed by atoms with E-state index in [1.54, 1.807) is 12.7 Å². The minimum absolute atomic E-state index is 0.677. The highest BCUT2D eigenvalue weighted by molar-refractivity contribution is 7.10. The van der Waals surface area contributed by atoms with Crippen molar-refractivity contribution in [2.45, 2.75) is 31.2 Å². The van der Waals surface area contributed by atoms with Crippen molar-refractivity contribution in [1.29, 1.82) is 0 Å². The van der Waals surface area contributed by atoms with Crippen LogP contribution in [-0.4, -0.2) is 57.8 Å². The molecule has 2 aromatic rings. The van der Waals surface area contributed by atoms with Gasteiger partial charge in [0.25, 0.3) is 0 Å². The van der Waals surface area contributed by atoms with Gasteiger partial charge in [0.1, 0.15) is 5.75 Å². The summed E-state index contributed by atoms with van der Waals surface area (Å²) in [5.74, 6) is 1.74. The van der Waals surface area contributed by atoms with Crippen LogP contribution in [0.25, 0.3) is 0 Å². The third-order valence-electron chi connectivity index (χ3n) is 6.68. The summed E-state index contributed by atoms with van der Waals surface area (Å²) in [6.07, 6.45) is 3.64. The van der Waals surface area contributed by atoms with Crippen molar-refractivity contribution < 1.29 is 4.74 Å². The van der Waals surface area contributed by atoms with Gasteiger partial charge in [-0.1, -0.05) is 12.1 Å². The van der Waals surface area contributed by atoms with E-state index in [4.69, 9.17) is 4.74 Å². The molecule has 27 heavy (non-hydrogen) atoms. The number of para-hydroxylation sites is 1. The second kappa shape index (κ2) is 7.02. The van der Waals surface area contributed by atoms with Crippen molar-refractivity contribution in [2.24, 2.45) is 0 Å². The number of piperidine rings is 1. The van der Waals surface area contributed by atoms with Crippen molar-refractivity contribution in [3.8, 4) is 5.75 Å². The van der Waals surface area contributed by atoms with Crippen molar-refractivity contribution in [3.05, 3.63) is 40.1 Å². The largest absolute Gasteiger partial charge is 0.496 e. The fourth-order valence-corrected chi connectivity index (χ4v) is 6.22. The number of thiophene rings is 1. The molecule has 5 heteroatoms. The zero-order valence-corrected chi connectivity index (χ0v) is 17.2. The fourth-order valence-electron chi connectivity index (χ4n) is 5.34. The minimum atomic E-state index is 0.677. The van der Waals surface area contributed by atoms with Gasteiger partial charge < -0.3 is 19.4 Å². The molecule has 0 spiro atoms. The number of ether oxygens (including phenoxy) is 1. The van der Waals surface area contributed by atoms with Gasteiger partial charge in [-0.25, -0.2) is 0 Å². The van der Waals surface area contributed by atoms with Gasteiger partial charge in [0, 0.05) is 50.1 Å². The lowest BCUT2D eigenvalue weighted by molar-refractivity contribution is 0.191. The molecule has 1 saturated heterocycles. The number of nitrogens with zero attached hydrogens (tertiary/aromatic N) is 3. The van der Waals surface area contributed by atoms with Crippen LogP contribution >= 0.6 is 11.3 Å². The Balaban J connectivity index is 1.27. The van der Waals surface area contributed by atoms with E-state index in [-0.39, 0.29) is 0 Å². The topological polar surface area (TPSA) is 19.0 Å². The van der Waals surface area contributed by atoms with Crippen molar-refractivity contribution in [2.75, 3.05) is 56.7 Å². The Morgan fingerprint density at radius 3 is 3.00 bits per heavy atom. The van der Waals surface area contributed by atoms with Crippen molar-refractivity contribution in [1.82, 2.24) is 4.90 Å². The van der Waals surface area contributed by atoms with Crippen LogP contribution in [0, 0.1) is 0 Å². The number of benzene rings is 1. The number of likely N-dealkylation sites (tertiary alicyclic amines) is 1. The van der Waals surface area contributed by atoms with E-state index in [1.807, 2.05) is 11.3 Å². The lowest BCUT2D eigenvalue weighted by Gasteiger charge is -2.41. The smallest absolute Gasteiger partial charge is 0.132 e. The molecule has 1 aromatic heterocycles. The number of methoxy groups -OCH3 is 1. The van der Waals surface area contributed by atoms with Gasteiger partial charge >= 0.3 is 0 Å². The Hall–Kier alpha value is -1.72. The van der Waals surface area contributed by atoms with Crippen molar-refractivity contribution in [3.63, 3.8) is 0 Å². The molecule has 3 aliphatic heterocycles. The predicted molar refractivity (Wildman–Crippen MR) is 114 cm³/mol. The first kappa shape index (κ1) is 17.4. The molecule has 4 nitrogen and oxygen atoms in total. The molecule has 0 bridgehead atoms. The molecule has 0 N–H and O–H groups in total. The van der Waals surface area contributed by atoms with Crippen LogP contribution in [0.1, 0.15) is 29.2 Å². The Bertz CT molecular complexity index is 820. The zero-order valence-electron chi connectivity index (χ0n) is 16.4. The molecule has 0 aliphatic carbocycles. The van der Waals surface area contributed by atoms with E-state index in [2.05, 4.69) is 51.4 Å². The van der Waals surface area contributed by atoms with E-state index in [0.717, 1.165) is 18.7 Å². The summed E-state index contributed by atoms with van der Waals surface area (Å²) in [6.45, 7) is 5.96. The summed E-state index contributed by atoms with van der Waals surface area (Å²) in [5.41, 5.74) is 4.56. The molecule has 5 rings (SSSR count). The maximum atomic E-state index is 5.46. The van der Waals surface area contributed by atoms with E-state index in [1.165, 1.54) is 55.3 Å². The number of aryl methyl sites for hydroxylation is 1. The first-order chi connectivity index (χ1) is 13.3. The third kappa shape index (κ3) is 2.92. The molecular weight excluding hydrogens is 354 g/mol. The maximum Gasteiger partial charge on any atom is 0.132 e. The summed E-state index contributed by atoms with van der Waals surface area (Å²) in [7, 11) is 4.01. The molecule has 144 valence electrons. The molecule has 3 aliphatic rings. The minimum Gasteiger partial charge on any atom is -0.496 e. The normalized spacial score (nSPS) is 24.1. The Morgan fingerprint density at radius 1 is 1.19 bits per heavy atom. The Labute approximate surface area is 166 Å². The molecule has 1 fully saturated rings. The number of rotatable bonds is 5. The molecular formula is C22H29N3OS. The summed E-state index contributed by atoms with van der Waals surface area (Å²) >= 11 is 1.82. The predicted octanol–water partition coefficient (Wildman–Crippen LogP) is 3.82. The summed E-state index contributed by atoms with van der Waals surface area (Å²) < 4.78 is 5.46. The standard InChI is InChI=1S/C22H29N3OS/c1-23-12-13-25-18-8-11-24(10-4-7-21-20(26-2)9-14-27-21)15-17(18)16-5-3-6-19(23)22(16)25/h3,5-6,9,14,17-18H,4,7-8,10-13,15H2,1-2H3.